The molecule has 3 N–H and O–H groups in total. The normalized spacial score (nSPS) is 26.8. The zero-order valence-electron chi connectivity index (χ0n) is 8.02. The van der Waals surface area contributed by atoms with Crippen LogP contribution in [0, 0.1) is 0 Å². The highest BCUT2D eigenvalue weighted by Gasteiger charge is 2.29. The summed E-state index contributed by atoms with van der Waals surface area (Å²) in [6.07, 6.45) is 2.64. The second-order valence-corrected chi connectivity index (χ2v) is 3.61. The van der Waals surface area contributed by atoms with Crippen molar-refractivity contribution < 1.29 is 4.79 Å². The van der Waals surface area contributed by atoms with Crippen LogP contribution >= 0.6 is 0 Å². The van der Waals surface area contributed by atoms with Crippen LogP contribution in [0.15, 0.2) is 12.7 Å². The minimum atomic E-state index is -0.119. The van der Waals surface area contributed by atoms with E-state index in [9.17, 15) is 4.79 Å². The maximum atomic E-state index is 11.3. The lowest BCUT2D eigenvalue weighted by Crippen LogP contribution is -2.51. The molecule has 0 radical (unpaired) electrons. The van der Waals surface area contributed by atoms with Gasteiger partial charge in [-0.2, -0.15) is 0 Å². The molecule has 0 bridgehead atoms. The lowest BCUT2D eigenvalue weighted by molar-refractivity contribution is 0.230. The molecule has 74 valence electrons. The Labute approximate surface area is 78.8 Å². The van der Waals surface area contributed by atoms with Crippen LogP contribution in [0.25, 0.3) is 0 Å². The fraction of sp³-hybridized carbons (Fsp3) is 0.667. The smallest absolute Gasteiger partial charge is 0.315 e. The average molecular weight is 183 g/mol. The summed E-state index contributed by atoms with van der Waals surface area (Å²) in [6.45, 7) is 7.89. The van der Waals surface area contributed by atoms with Crippen LogP contribution in [0.5, 0.6) is 0 Å². The van der Waals surface area contributed by atoms with E-state index < -0.39 is 0 Å². The number of amides is 2. The summed E-state index contributed by atoms with van der Waals surface area (Å²) in [4.78, 5) is 11.3. The lowest BCUT2D eigenvalue weighted by Gasteiger charge is -2.24. The number of nitrogens with one attached hydrogen (secondary N) is 3. The van der Waals surface area contributed by atoms with Gasteiger partial charge in [0, 0.05) is 13.1 Å². The van der Waals surface area contributed by atoms with Gasteiger partial charge in [0.2, 0.25) is 0 Å². The third-order valence-electron chi connectivity index (χ3n) is 2.19. The van der Waals surface area contributed by atoms with Gasteiger partial charge in [0.25, 0.3) is 0 Å². The third-order valence-corrected chi connectivity index (χ3v) is 2.19. The number of urea groups is 1. The van der Waals surface area contributed by atoms with Gasteiger partial charge in [-0.3, -0.25) is 0 Å². The van der Waals surface area contributed by atoms with Crippen molar-refractivity contribution in [1.29, 1.82) is 0 Å². The molecule has 0 aromatic rings. The molecule has 1 heterocycles. The largest absolute Gasteiger partial charge is 0.335 e. The topological polar surface area (TPSA) is 53.2 Å². The van der Waals surface area contributed by atoms with Crippen LogP contribution in [0.3, 0.4) is 0 Å². The molecule has 1 atom stereocenters. The summed E-state index contributed by atoms with van der Waals surface area (Å²) in [6, 6.07) is -0.119. The average Bonchev–Trinajstić information content (AvgIpc) is 2.48. The maximum Gasteiger partial charge on any atom is 0.315 e. The number of carbonyl (C=O) groups is 1. The zero-order valence-corrected chi connectivity index (χ0v) is 8.02. The standard InChI is InChI=1S/C9H17N3O/c1-3-5-11-8(13)12-9(2)4-6-10-7-9/h3,10H,1,4-7H2,2H3,(H2,11,12,13). The van der Waals surface area contributed by atoms with E-state index in [0.717, 1.165) is 19.5 Å². The van der Waals surface area contributed by atoms with E-state index in [1.807, 2.05) is 6.92 Å². The van der Waals surface area contributed by atoms with E-state index in [-0.39, 0.29) is 11.6 Å². The number of rotatable bonds is 3. The highest BCUT2D eigenvalue weighted by molar-refractivity contribution is 5.75. The van der Waals surface area contributed by atoms with Crippen molar-refractivity contribution in [2.75, 3.05) is 19.6 Å². The van der Waals surface area contributed by atoms with Crippen LogP contribution < -0.4 is 16.0 Å². The molecule has 1 fully saturated rings. The van der Waals surface area contributed by atoms with Crippen LogP contribution in [0.1, 0.15) is 13.3 Å². The Hall–Kier alpha value is -1.03. The number of hydrogen-bond acceptors (Lipinski definition) is 2. The molecule has 1 aliphatic heterocycles. The molecule has 0 aromatic heterocycles. The molecule has 1 rings (SSSR count). The molecule has 0 aliphatic carbocycles. The van der Waals surface area contributed by atoms with Gasteiger partial charge < -0.3 is 16.0 Å². The van der Waals surface area contributed by atoms with Gasteiger partial charge in [-0.05, 0) is 19.9 Å². The van der Waals surface area contributed by atoms with E-state index >= 15 is 0 Å². The first-order valence-electron chi connectivity index (χ1n) is 4.54. The Kier molecular flexibility index (Phi) is 3.31. The van der Waals surface area contributed by atoms with Crippen LogP contribution in [0.4, 0.5) is 4.79 Å². The summed E-state index contributed by atoms with van der Waals surface area (Å²) in [7, 11) is 0. The first-order chi connectivity index (χ1) is 6.16. The van der Waals surface area contributed by atoms with Crippen molar-refractivity contribution in [2.24, 2.45) is 0 Å². The predicted molar refractivity (Wildman–Crippen MR) is 52.6 cm³/mol. The van der Waals surface area contributed by atoms with Gasteiger partial charge in [0.05, 0.1) is 5.54 Å². The van der Waals surface area contributed by atoms with Crippen molar-refractivity contribution in [3.05, 3.63) is 12.7 Å². The monoisotopic (exact) mass is 183 g/mol. The van der Waals surface area contributed by atoms with Gasteiger partial charge in [0.15, 0.2) is 0 Å². The minimum absolute atomic E-state index is 0.0920. The number of hydrogen-bond donors (Lipinski definition) is 3. The molecule has 1 aliphatic rings. The molecule has 13 heavy (non-hydrogen) atoms. The predicted octanol–water partition coefficient (Wildman–Crippen LogP) is 0.224. The first-order valence-corrected chi connectivity index (χ1v) is 4.54. The molecular weight excluding hydrogens is 166 g/mol. The van der Waals surface area contributed by atoms with E-state index in [4.69, 9.17) is 0 Å². The van der Waals surface area contributed by atoms with Gasteiger partial charge in [-0.25, -0.2) is 4.79 Å². The number of carbonyl (C=O) groups excluding carboxylic acids is 1. The molecule has 2 amide bonds. The molecule has 4 heteroatoms. The molecule has 4 nitrogen and oxygen atoms in total. The SMILES string of the molecule is C=CCNC(=O)NC1(C)CCNC1. The highest BCUT2D eigenvalue weighted by atomic mass is 16.2. The van der Waals surface area contributed by atoms with Crippen LogP contribution in [-0.4, -0.2) is 31.2 Å². The molecule has 1 unspecified atom stereocenters. The van der Waals surface area contributed by atoms with E-state index in [2.05, 4.69) is 22.5 Å². The van der Waals surface area contributed by atoms with Crippen molar-refractivity contribution in [3.63, 3.8) is 0 Å². The van der Waals surface area contributed by atoms with Crippen molar-refractivity contribution in [2.45, 2.75) is 18.9 Å². The third kappa shape index (κ3) is 3.06. The Morgan fingerprint density at radius 1 is 1.77 bits per heavy atom. The minimum Gasteiger partial charge on any atom is -0.335 e. The van der Waals surface area contributed by atoms with E-state index in [1.165, 1.54) is 0 Å². The van der Waals surface area contributed by atoms with Gasteiger partial charge in [0.1, 0.15) is 0 Å². The van der Waals surface area contributed by atoms with Crippen LogP contribution in [-0.2, 0) is 0 Å². The maximum absolute atomic E-state index is 11.3. The molecule has 0 aromatic carbocycles. The Morgan fingerprint density at radius 3 is 3.08 bits per heavy atom. The highest BCUT2D eigenvalue weighted by Crippen LogP contribution is 2.12. The quantitative estimate of drug-likeness (QED) is 0.548. The molecule has 0 saturated carbocycles. The summed E-state index contributed by atoms with van der Waals surface area (Å²) in [5, 5.41) is 8.83. The first kappa shape index (κ1) is 10.1. The fourth-order valence-electron chi connectivity index (χ4n) is 1.41. The lowest BCUT2D eigenvalue weighted by atomic mass is 10.0. The fourth-order valence-corrected chi connectivity index (χ4v) is 1.41. The van der Waals surface area contributed by atoms with E-state index in [1.54, 1.807) is 6.08 Å². The Morgan fingerprint density at radius 2 is 2.54 bits per heavy atom. The molecule has 0 spiro atoms. The second kappa shape index (κ2) is 4.28. The Bertz CT molecular complexity index is 197. The summed E-state index contributed by atoms with van der Waals surface area (Å²) < 4.78 is 0. The second-order valence-electron chi connectivity index (χ2n) is 3.61. The van der Waals surface area contributed by atoms with Gasteiger partial charge in [-0.1, -0.05) is 6.08 Å². The zero-order chi connectivity index (χ0) is 9.73. The summed E-state index contributed by atoms with van der Waals surface area (Å²) in [5.74, 6) is 0. The summed E-state index contributed by atoms with van der Waals surface area (Å²) >= 11 is 0. The van der Waals surface area contributed by atoms with Crippen molar-refractivity contribution >= 4 is 6.03 Å². The van der Waals surface area contributed by atoms with Crippen molar-refractivity contribution in [1.82, 2.24) is 16.0 Å². The van der Waals surface area contributed by atoms with Gasteiger partial charge in [-0.15, -0.1) is 6.58 Å². The van der Waals surface area contributed by atoms with Crippen LogP contribution in [0.2, 0.25) is 0 Å². The molecule has 1 saturated heterocycles. The summed E-state index contributed by atoms with van der Waals surface area (Å²) in [5.41, 5.74) is -0.0920. The Balaban J connectivity index is 2.29. The van der Waals surface area contributed by atoms with Crippen molar-refractivity contribution in [3.8, 4) is 0 Å². The molecular formula is C9H17N3O. The van der Waals surface area contributed by atoms with E-state index in [0.29, 0.717) is 6.54 Å². The van der Waals surface area contributed by atoms with Gasteiger partial charge >= 0.3 is 6.03 Å².